The maximum absolute atomic E-state index is 11.9. The first-order chi connectivity index (χ1) is 8.95. The van der Waals surface area contributed by atoms with Crippen molar-refractivity contribution in [3.63, 3.8) is 0 Å². The van der Waals surface area contributed by atoms with Crippen molar-refractivity contribution >= 4 is 23.8 Å². The van der Waals surface area contributed by atoms with Crippen molar-refractivity contribution in [1.82, 2.24) is 4.90 Å². The number of rotatable bonds is 3. The summed E-state index contributed by atoms with van der Waals surface area (Å²) in [5.41, 5.74) is -0.214. The summed E-state index contributed by atoms with van der Waals surface area (Å²) in [4.78, 5) is 46.3. The van der Waals surface area contributed by atoms with E-state index in [9.17, 15) is 24.3 Å². The molecule has 2 amide bonds. The summed E-state index contributed by atoms with van der Waals surface area (Å²) in [5.74, 6) is -3.58. The first-order valence-electron chi connectivity index (χ1n) is 5.24. The molecular formula is C12H8NO6-. The molecule has 0 unspecified atom stereocenters. The first kappa shape index (κ1) is 12.7. The zero-order chi connectivity index (χ0) is 14.2. The minimum absolute atomic E-state index is 0.0545. The van der Waals surface area contributed by atoms with Crippen LogP contribution in [-0.4, -0.2) is 42.3 Å². The van der Waals surface area contributed by atoms with Gasteiger partial charge in [0.25, 0.3) is 11.8 Å². The molecule has 7 nitrogen and oxygen atoms in total. The van der Waals surface area contributed by atoms with E-state index >= 15 is 0 Å². The lowest BCUT2D eigenvalue weighted by atomic mass is 10.1. The van der Waals surface area contributed by atoms with E-state index in [0.29, 0.717) is 4.90 Å². The number of hydrogen-bond acceptors (Lipinski definition) is 6. The summed E-state index contributed by atoms with van der Waals surface area (Å²) in [7, 11) is 1.13. The highest BCUT2D eigenvalue weighted by molar-refractivity contribution is 6.22. The number of esters is 1. The molecule has 2 rings (SSSR count). The van der Waals surface area contributed by atoms with Crippen LogP contribution in [-0.2, 0) is 9.53 Å². The lowest BCUT2D eigenvalue weighted by Gasteiger charge is -2.11. The van der Waals surface area contributed by atoms with Crippen LogP contribution in [0.3, 0.4) is 0 Å². The number of fused-ring (bicyclic) bond motifs is 1. The number of benzene rings is 1. The van der Waals surface area contributed by atoms with Crippen LogP contribution in [0.25, 0.3) is 0 Å². The second-order valence-electron chi connectivity index (χ2n) is 3.82. The van der Waals surface area contributed by atoms with Crippen LogP contribution < -0.4 is 5.11 Å². The van der Waals surface area contributed by atoms with E-state index in [0.717, 1.165) is 13.2 Å². The molecule has 1 aliphatic heterocycles. The van der Waals surface area contributed by atoms with Crippen molar-refractivity contribution in [3.05, 3.63) is 34.9 Å². The number of carbonyl (C=O) groups excluding carboxylic acids is 4. The van der Waals surface area contributed by atoms with Crippen molar-refractivity contribution in [1.29, 1.82) is 0 Å². The van der Waals surface area contributed by atoms with Crippen molar-refractivity contribution in [2.24, 2.45) is 0 Å². The van der Waals surface area contributed by atoms with Gasteiger partial charge in [-0.1, -0.05) is 6.07 Å². The number of aromatic carboxylic acids is 1. The molecule has 0 bridgehead atoms. The van der Waals surface area contributed by atoms with Gasteiger partial charge in [-0.2, -0.15) is 0 Å². The Kier molecular flexibility index (Phi) is 3.04. The van der Waals surface area contributed by atoms with Gasteiger partial charge in [0.15, 0.2) is 0 Å². The van der Waals surface area contributed by atoms with Crippen LogP contribution in [0.2, 0.25) is 0 Å². The Balaban J connectivity index is 2.38. The van der Waals surface area contributed by atoms with E-state index in [2.05, 4.69) is 4.74 Å². The third-order valence-electron chi connectivity index (χ3n) is 2.72. The molecule has 1 aromatic rings. The van der Waals surface area contributed by atoms with Crippen LogP contribution >= 0.6 is 0 Å². The molecule has 1 aliphatic rings. The smallest absolute Gasteiger partial charge is 0.325 e. The molecule has 19 heavy (non-hydrogen) atoms. The van der Waals surface area contributed by atoms with Gasteiger partial charge in [-0.25, -0.2) is 0 Å². The Bertz CT molecular complexity index is 606. The highest BCUT2D eigenvalue weighted by atomic mass is 16.5. The first-order valence-corrected chi connectivity index (χ1v) is 5.24. The number of hydrogen-bond donors (Lipinski definition) is 0. The molecule has 7 heteroatoms. The van der Waals surface area contributed by atoms with Crippen molar-refractivity contribution in [2.45, 2.75) is 0 Å². The molecule has 0 saturated carbocycles. The number of carboxylic acid groups (broad SMARTS) is 1. The number of carboxylic acids is 1. The van der Waals surface area contributed by atoms with E-state index in [1.165, 1.54) is 12.1 Å². The van der Waals surface area contributed by atoms with Gasteiger partial charge in [0.1, 0.15) is 6.54 Å². The minimum Gasteiger partial charge on any atom is -0.545 e. The van der Waals surface area contributed by atoms with Gasteiger partial charge in [0.05, 0.1) is 24.2 Å². The maximum Gasteiger partial charge on any atom is 0.325 e. The Morgan fingerprint density at radius 3 is 2.42 bits per heavy atom. The molecule has 1 heterocycles. The van der Waals surface area contributed by atoms with Crippen LogP contribution in [0, 0.1) is 0 Å². The Morgan fingerprint density at radius 1 is 1.21 bits per heavy atom. The van der Waals surface area contributed by atoms with Gasteiger partial charge in [0, 0.05) is 0 Å². The van der Waals surface area contributed by atoms with Crippen molar-refractivity contribution < 1.29 is 29.0 Å². The third kappa shape index (κ3) is 2.05. The minimum atomic E-state index is -1.45. The zero-order valence-corrected chi connectivity index (χ0v) is 9.84. The molecule has 0 atom stereocenters. The Hall–Kier alpha value is -2.70. The van der Waals surface area contributed by atoms with Crippen LogP contribution in [0.4, 0.5) is 0 Å². The average molecular weight is 262 g/mol. The number of amides is 2. The number of carbonyl (C=O) groups is 4. The van der Waals surface area contributed by atoms with E-state index in [1.807, 2.05) is 0 Å². The fourth-order valence-electron chi connectivity index (χ4n) is 1.75. The normalized spacial score (nSPS) is 13.4. The average Bonchev–Trinajstić information content (AvgIpc) is 2.63. The third-order valence-corrected chi connectivity index (χ3v) is 2.72. The standard InChI is InChI=1S/C12H9NO6/c1-19-9(14)5-13-10(15)7-3-2-6(12(17)18)4-8(7)11(13)16/h2-4H,5H2,1H3,(H,17,18)/p-1. The summed E-state index contributed by atoms with van der Waals surface area (Å²) in [5, 5.41) is 10.7. The second-order valence-corrected chi connectivity index (χ2v) is 3.82. The monoisotopic (exact) mass is 262 g/mol. The van der Waals surface area contributed by atoms with Gasteiger partial charge >= 0.3 is 5.97 Å². The van der Waals surface area contributed by atoms with Crippen LogP contribution in [0.5, 0.6) is 0 Å². The lowest BCUT2D eigenvalue weighted by Crippen LogP contribution is -2.35. The number of ether oxygens (including phenoxy) is 1. The van der Waals surface area contributed by atoms with E-state index in [4.69, 9.17) is 0 Å². The summed E-state index contributed by atoms with van der Waals surface area (Å²) in [6.07, 6.45) is 0. The lowest BCUT2D eigenvalue weighted by molar-refractivity contribution is -0.255. The van der Waals surface area contributed by atoms with Crippen molar-refractivity contribution in [2.75, 3.05) is 13.7 Å². The molecule has 0 radical (unpaired) electrons. The highest BCUT2D eigenvalue weighted by Crippen LogP contribution is 2.23. The van der Waals surface area contributed by atoms with Gasteiger partial charge in [-0.3, -0.25) is 19.3 Å². The van der Waals surface area contributed by atoms with Crippen LogP contribution in [0.15, 0.2) is 18.2 Å². The zero-order valence-electron chi connectivity index (χ0n) is 9.84. The molecule has 0 saturated heterocycles. The summed E-state index contributed by atoms with van der Waals surface area (Å²) >= 11 is 0. The number of imide groups is 1. The molecule has 0 aliphatic carbocycles. The molecule has 1 aromatic carbocycles. The van der Waals surface area contributed by atoms with Gasteiger partial charge < -0.3 is 14.6 Å². The summed E-state index contributed by atoms with van der Waals surface area (Å²) < 4.78 is 4.38. The number of methoxy groups -OCH3 is 1. The predicted octanol–water partition coefficient (Wildman–Crippen LogP) is -1.18. The molecule has 0 N–H and O–H groups in total. The van der Waals surface area contributed by atoms with Gasteiger partial charge in [-0.05, 0) is 17.7 Å². The van der Waals surface area contributed by atoms with Crippen LogP contribution in [0.1, 0.15) is 31.1 Å². The topological polar surface area (TPSA) is 104 Å². The SMILES string of the molecule is COC(=O)CN1C(=O)c2ccc(C(=O)[O-])cc2C1=O. The summed E-state index contributed by atoms with van der Waals surface area (Å²) in [6, 6.07) is 3.45. The maximum atomic E-state index is 11.9. The van der Waals surface area contributed by atoms with E-state index < -0.39 is 30.3 Å². The highest BCUT2D eigenvalue weighted by Gasteiger charge is 2.36. The second kappa shape index (κ2) is 4.52. The molecule has 0 fully saturated rings. The van der Waals surface area contributed by atoms with Gasteiger partial charge in [-0.15, -0.1) is 0 Å². The Labute approximate surface area is 107 Å². The molecule has 0 spiro atoms. The molecule has 98 valence electrons. The number of nitrogens with zero attached hydrogens (tertiary/aromatic N) is 1. The largest absolute Gasteiger partial charge is 0.545 e. The van der Waals surface area contributed by atoms with E-state index in [1.54, 1.807) is 0 Å². The quantitative estimate of drug-likeness (QED) is 0.501. The summed E-state index contributed by atoms with van der Waals surface area (Å²) in [6.45, 7) is -0.510. The molecular weight excluding hydrogens is 254 g/mol. The Morgan fingerprint density at radius 2 is 1.84 bits per heavy atom. The van der Waals surface area contributed by atoms with Crippen molar-refractivity contribution in [3.8, 4) is 0 Å². The fourth-order valence-corrected chi connectivity index (χ4v) is 1.75. The predicted molar refractivity (Wildman–Crippen MR) is 58.2 cm³/mol. The fraction of sp³-hybridized carbons (Fsp3) is 0.167. The van der Waals surface area contributed by atoms with E-state index in [-0.39, 0.29) is 16.7 Å². The molecule has 0 aromatic heterocycles. The van der Waals surface area contributed by atoms with Gasteiger partial charge in [0.2, 0.25) is 0 Å².